The highest BCUT2D eigenvalue weighted by molar-refractivity contribution is 5.81. The van der Waals surface area contributed by atoms with E-state index in [1.54, 1.807) is 11.9 Å². The predicted molar refractivity (Wildman–Crippen MR) is 98.3 cm³/mol. The van der Waals surface area contributed by atoms with Gasteiger partial charge in [0.05, 0.1) is 19.1 Å². The number of benzene rings is 1. The van der Waals surface area contributed by atoms with Gasteiger partial charge in [-0.2, -0.15) is 0 Å². The Bertz CT molecular complexity index is 640. The molecular weight excluding hydrogens is 314 g/mol. The highest BCUT2D eigenvalue weighted by atomic mass is 16.2. The summed E-state index contributed by atoms with van der Waals surface area (Å²) >= 11 is 0. The fourth-order valence-corrected chi connectivity index (χ4v) is 3.44. The van der Waals surface area contributed by atoms with Crippen molar-refractivity contribution in [3.05, 3.63) is 34.9 Å². The molecule has 0 spiro atoms. The van der Waals surface area contributed by atoms with Crippen LogP contribution < -0.4 is 10.6 Å². The van der Waals surface area contributed by atoms with Gasteiger partial charge in [0.15, 0.2) is 0 Å². The van der Waals surface area contributed by atoms with Crippen molar-refractivity contribution >= 4 is 11.8 Å². The Balaban J connectivity index is 1.47. The lowest BCUT2D eigenvalue weighted by molar-refractivity contribution is -0.125. The third kappa shape index (κ3) is 5.30. The Hall–Kier alpha value is -1.88. The maximum atomic E-state index is 12.3. The molecule has 1 saturated carbocycles. The average Bonchev–Trinajstić information content (AvgIpc) is 3.37. The zero-order valence-corrected chi connectivity index (χ0v) is 15.3. The number of nitrogens with zero attached hydrogens (tertiary/aromatic N) is 1. The van der Waals surface area contributed by atoms with E-state index >= 15 is 0 Å². The molecule has 25 heavy (non-hydrogen) atoms. The molecule has 2 amide bonds. The number of amides is 2. The van der Waals surface area contributed by atoms with Crippen molar-refractivity contribution in [2.75, 3.05) is 20.1 Å². The van der Waals surface area contributed by atoms with Gasteiger partial charge in [0.1, 0.15) is 0 Å². The summed E-state index contributed by atoms with van der Waals surface area (Å²) in [5.41, 5.74) is 4.04. The summed E-state index contributed by atoms with van der Waals surface area (Å²) < 4.78 is 0. The molecule has 1 aromatic rings. The van der Waals surface area contributed by atoms with Crippen LogP contribution in [-0.4, -0.2) is 42.9 Å². The third-order valence-electron chi connectivity index (χ3n) is 5.02. The second-order valence-electron chi connectivity index (χ2n) is 7.54. The molecule has 0 aromatic heterocycles. The topological polar surface area (TPSA) is 61.4 Å². The zero-order valence-electron chi connectivity index (χ0n) is 15.3. The van der Waals surface area contributed by atoms with Crippen molar-refractivity contribution in [2.45, 2.75) is 57.5 Å². The van der Waals surface area contributed by atoms with Gasteiger partial charge in [-0.3, -0.25) is 14.5 Å². The maximum Gasteiger partial charge on any atom is 0.234 e. The van der Waals surface area contributed by atoms with Gasteiger partial charge in [0.2, 0.25) is 11.8 Å². The molecule has 1 aromatic carbocycles. The average molecular weight is 343 g/mol. The first kappa shape index (κ1) is 17.9. The van der Waals surface area contributed by atoms with Crippen LogP contribution in [0.15, 0.2) is 18.2 Å². The monoisotopic (exact) mass is 343 g/mol. The number of rotatable bonds is 7. The molecular formula is C20H29N3O2. The first-order valence-corrected chi connectivity index (χ1v) is 9.40. The van der Waals surface area contributed by atoms with E-state index in [2.05, 4.69) is 28.8 Å². The zero-order chi connectivity index (χ0) is 17.8. The molecule has 2 aliphatic carbocycles. The summed E-state index contributed by atoms with van der Waals surface area (Å²) in [7, 11) is 1.80. The lowest BCUT2D eigenvalue weighted by Crippen LogP contribution is -2.41. The molecule has 0 unspecified atom stereocenters. The van der Waals surface area contributed by atoms with Crippen molar-refractivity contribution < 1.29 is 9.59 Å². The van der Waals surface area contributed by atoms with E-state index < -0.39 is 0 Å². The van der Waals surface area contributed by atoms with Crippen LogP contribution in [0.3, 0.4) is 0 Å². The van der Waals surface area contributed by atoms with Crippen LogP contribution in [-0.2, 0) is 22.4 Å². The van der Waals surface area contributed by atoms with Crippen molar-refractivity contribution in [3.63, 3.8) is 0 Å². The number of likely N-dealkylation sites (N-methyl/N-ethyl adjacent to an activating group) is 1. The van der Waals surface area contributed by atoms with E-state index in [-0.39, 0.29) is 30.9 Å². The molecule has 5 nitrogen and oxygen atoms in total. The molecule has 0 radical (unpaired) electrons. The SMILES string of the molecule is C[C@@H](NC(=O)CN(C)CC(=O)NC1CC1)c1ccc2c(c1)CCCC2. The van der Waals surface area contributed by atoms with Gasteiger partial charge in [-0.1, -0.05) is 18.2 Å². The maximum absolute atomic E-state index is 12.3. The minimum atomic E-state index is -0.0491. The normalized spacial score (nSPS) is 17.7. The van der Waals surface area contributed by atoms with E-state index in [0.717, 1.165) is 24.8 Å². The predicted octanol–water partition coefficient (Wildman–Crippen LogP) is 1.95. The van der Waals surface area contributed by atoms with Crippen LogP contribution in [0.25, 0.3) is 0 Å². The van der Waals surface area contributed by atoms with E-state index in [1.807, 2.05) is 6.92 Å². The van der Waals surface area contributed by atoms with Gasteiger partial charge < -0.3 is 10.6 Å². The molecule has 5 heteroatoms. The van der Waals surface area contributed by atoms with E-state index in [4.69, 9.17) is 0 Å². The molecule has 0 bridgehead atoms. The second kappa shape index (κ2) is 8.00. The Morgan fingerprint density at radius 1 is 1.12 bits per heavy atom. The number of hydrogen-bond acceptors (Lipinski definition) is 3. The van der Waals surface area contributed by atoms with E-state index in [9.17, 15) is 9.59 Å². The molecule has 3 rings (SSSR count). The summed E-state index contributed by atoms with van der Waals surface area (Å²) in [4.78, 5) is 25.8. The van der Waals surface area contributed by atoms with Gasteiger partial charge in [-0.15, -0.1) is 0 Å². The highest BCUT2D eigenvalue weighted by Gasteiger charge is 2.24. The standard InChI is InChI=1S/C20H29N3O2/c1-14(16-8-7-15-5-3-4-6-17(15)11-16)21-19(24)12-23(2)13-20(25)22-18-9-10-18/h7-8,11,14,18H,3-6,9-10,12-13H2,1-2H3,(H,21,24)(H,22,25)/t14-/m1/s1. The van der Waals surface area contributed by atoms with Crippen molar-refractivity contribution in [3.8, 4) is 0 Å². The lowest BCUT2D eigenvalue weighted by Gasteiger charge is -2.21. The van der Waals surface area contributed by atoms with Crippen molar-refractivity contribution in [1.29, 1.82) is 0 Å². The number of carbonyl (C=O) groups excluding carboxylic acids is 2. The Morgan fingerprint density at radius 2 is 1.80 bits per heavy atom. The Kier molecular flexibility index (Phi) is 5.74. The number of fused-ring (bicyclic) bond motifs is 1. The van der Waals surface area contributed by atoms with E-state index in [1.165, 1.54) is 30.4 Å². The van der Waals surface area contributed by atoms with Crippen LogP contribution in [0.4, 0.5) is 0 Å². The highest BCUT2D eigenvalue weighted by Crippen LogP contribution is 2.24. The lowest BCUT2D eigenvalue weighted by atomic mass is 9.89. The van der Waals surface area contributed by atoms with Gasteiger partial charge in [-0.25, -0.2) is 0 Å². The summed E-state index contributed by atoms with van der Waals surface area (Å²) in [6.45, 7) is 2.51. The Labute approximate surface area is 150 Å². The van der Waals surface area contributed by atoms with Crippen LogP contribution in [0.2, 0.25) is 0 Å². The molecule has 2 aliphatic rings. The first-order chi connectivity index (χ1) is 12.0. The molecule has 1 atom stereocenters. The third-order valence-corrected chi connectivity index (χ3v) is 5.02. The minimum Gasteiger partial charge on any atom is -0.352 e. The molecule has 0 heterocycles. The summed E-state index contributed by atoms with van der Waals surface area (Å²) in [5.74, 6) is -0.0486. The van der Waals surface area contributed by atoms with Crippen molar-refractivity contribution in [1.82, 2.24) is 15.5 Å². The largest absolute Gasteiger partial charge is 0.352 e. The Morgan fingerprint density at radius 3 is 2.52 bits per heavy atom. The van der Waals surface area contributed by atoms with Crippen LogP contribution in [0.5, 0.6) is 0 Å². The van der Waals surface area contributed by atoms with Crippen molar-refractivity contribution in [2.24, 2.45) is 0 Å². The molecule has 136 valence electrons. The van der Waals surface area contributed by atoms with Gasteiger partial charge in [0.25, 0.3) is 0 Å². The number of carbonyl (C=O) groups is 2. The molecule has 0 aliphatic heterocycles. The fraction of sp³-hybridized carbons (Fsp3) is 0.600. The van der Waals surface area contributed by atoms with Crippen LogP contribution in [0, 0.1) is 0 Å². The first-order valence-electron chi connectivity index (χ1n) is 9.40. The van der Waals surface area contributed by atoms with Gasteiger partial charge in [-0.05, 0) is 69.2 Å². The smallest absolute Gasteiger partial charge is 0.234 e. The quantitative estimate of drug-likeness (QED) is 0.795. The molecule has 2 N–H and O–H groups in total. The molecule has 1 fully saturated rings. The minimum absolute atomic E-state index is 0.000496. The fourth-order valence-electron chi connectivity index (χ4n) is 3.44. The van der Waals surface area contributed by atoms with E-state index in [0.29, 0.717) is 6.04 Å². The van der Waals surface area contributed by atoms with Crippen LogP contribution >= 0.6 is 0 Å². The van der Waals surface area contributed by atoms with Gasteiger partial charge in [0, 0.05) is 6.04 Å². The number of aryl methyl sites for hydroxylation is 2. The number of nitrogens with one attached hydrogen (secondary N) is 2. The number of hydrogen-bond donors (Lipinski definition) is 2. The van der Waals surface area contributed by atoms with Crippen LogP contribution in [0.1, 0.15) is 55.3 Å². The van der Waals surface area contributed by atoms with Gasteiger partial charge >= 0.3 is 0 Å². The summed E-state index contributed by atoms with van der Waals surface area (Å²) in [6, 6.07) is 6.92. The molecule has 0 saturated heterocycles. The summed E-state index contributed by atoms with van der Waals surface area (Å²) in [5, 5.41) is 5.99. The summed E-state index contributed by atoms with van der Waals surface area (Å²) in [6.07, 6.45) is 7.00. The second-order valence-corrected chi connectivity index (χ2v) is 7.54.